The molecule has 1 amide bonds. The van der Waals surface area contributed by atoms with Gasteiger partial charge in [0.1, 0.15) is 5.01 Å². The molecule has 4 rings (SSSR count). The average molecular weight is 434 g/mol. The molecule has 2 unspecified atom stereocenters. The molecule has 29 heavy (non-hydrogen) atoms. The smallest absolute Gasteiger partial charge is 0.258 e. The van der Waals surface area contributed by atoms with Crippen LogP contribution in [0.15, 0.2) is 11.2 Å². The Morgan fingerprint density at radius 1 is 1.38 bits per heavy atom. The van der Waals surface area contributed by atoms with Crippen LogP contribution in [0, 0.1) is 12.8 Å². The second-order valence-electron chi connectivity index (χ2n) is 7.37. The molecule has 2 atom stereocenters. The lowest BCUT2D eigenvalue weighted by molar-refractivity contribution is 0.0662. The van der Waals surface area contributed by atoms with Crippen LogP contribution in [0.25, 0.3) is 10.4 Å². The summed E-state index contributed by atoms with van der Waals surface area (Å²) in [5, 5.41) is 19.3. The number of nitrogens with zero attached hydrogens (tertiary/aromatic N) is 5. The predicted molar refractivity (Wildman–Crippen MR) is 112 cm³/mol. The molecule has 9 nitrogen and oxygen atoms in total. The fraction of sp³-hybridized carbons (Fsp3) is 0.611. The number of hydrogen-bond donors (Lipinski definition) is 2. The average Bonchev–Trinajstić information content (AvgIpc) is 3.19. The zero-order chi connectivity index (χ0) is 20.2. The Labute approximate surface area is 176 Å². The molecule has 2 aromatic heterocycles. The van der Waals surface area contributed by atoms with Crippen molar-refractivity contribution in [3.63, 3.8) is 0 Å². The maximum Gasteiger partial charge on any atom is 0.258 e. The van der Waals surface area contributed by atoms with Gasteiger partial charge in [-0.15, -0.1) is 21.5 Å². The summed E-state index contributed by atoms with van der Waals surface area (Å²) in [5.74, 6) is 0.861. The minimum Gasteiger partial charge on any atom is -0.381 e. The highest BCUT2D eigenvalue weighted by molar-refractivity contribution is 7.15. The van der Waals surface area contributed by atoms with Crippen molar-refractivity contribution in [2.24, 2.45) is 11.0 Å². The van der Waals surface area contributed by atoms with Crippen LogP contribution in [-0.2, 0) is 11.3 Å². The van der Waals surface area contributed by atoms with Gasteiger partial charge in [-0.3, -0.25) is 10.1 Å². The van der Waals surface area contributed by atoms with E-state index in [0.29, 0.717) is 28.6 Å². The molecule has 11 heteroatoms. The van der Waals surface area contributed by atoms with Gasteiger partial charge in [0.25, 0.3) is 5.91 Å². The molecule has 2 N–H and O–H groups in total. The second kappa shape index (κ2) is 9.19. The highest BCUT2D eigenvalue weighted by Gasteiger charge is 2.40. The Morgan fingerprint density at radius 3 is 2.93 bits per heavy atom. The zero-order valence-corrected chi connectivity index (χ0v) is 17.8. The Kier molecular flexibility index (Phi) is 6.41. The first-order valence-electron chi connectivity index (χ1n) is 9.70. The summed E-state index contributed by atoms with van der Waals surface area (Å²) in [6, 6.07) is 2.39. The van der Waals surface area contributed by atoms with E-state index in [1.165, 1.54) is 11.3 Å². The number of hydrogen-bond acceptors (Lipinski definition) is 8. The van der Waals surface area contributed by atoms with Crippen molar-refractivity contribution < 1.29 is 9.53 Å². The van der Waals surface area contributed by atoms with Gasteiger partial charge in [-0.1, -0.05) is 16.5 Å². The van der Waals surface area contributed by atoms with E-state index in [2.05, 4.69) is 30.9 Å². The molecule has 0 aromatic carbocycles. The number of carbonyl (C=O) groups is 1. The summed E-state index contributed by atoms with van der Waals surface area (Å²) >= 11 is 2.89. The van der Waals surface area contributed by atoms with E-state index >= 15 is 0 Å². The third kappa shape index (κ3) is 5.12. The fourth-order valence-electron chi connectivity index (χ4n) is 3.55. The number of carbonyl (C=O) groups excluding carboxylic acids is 1. The molecule has 2 aromatic rings. The van der Waals surface area contributed by atoms with Gasteiger partial charge in [0.05, 0.1) is 12.1 Å². The number of aromatic nitrogens is 2. The largest absolute Gasteiger partial charge is 0.381 e. The molecule has 154 valence electrons. The number of thiophene rings is 1. The number of amides is 1. The molecule has 1 aliphatic heterocycles. The van der Waals surface area contributed by atoms with E-state index in [0.717, 1.165) is 53.8 Å². The Bertz CT molecular complexity index is 915. The van der Waals surface area contributed by atoms with E-state index in [1.807, 2.05) is 13.0 Å². The van der Waals surface area contributed by atoms with Gasteiger partial charge >= 0.3 is 0 Å². The van der Waals surface area contributed by atoms with E-state index in [-0.39, 0.29) is 12.5 Å². The lowest BCUT2D eigenvalue weighted by atomic mass is 10.0. The maximum atomic E-state index is 12.7. The Balaban J connectivity index is 1.41. The van der Waals surface area contributed by atoms with Gasteiger partial charge in [-0.05, 0) is 50.2 Å². The first-order valence-corrected chi connectivity index (χ1v) is 11.3. The van der Waals surface area contributed by atoms with E-state index in [4.69, 9.17) is 10.3 Å². The molecule has 0 spiro atoms. The van der Waals surface area contributed by atoms with E-state index < -0.39 is 0 Å². The molecule has 2 aliphatic rings. The van der Waals surface area contributed by atoms with E-state index in [9.17, 15) is 4.79 Å². The summed E-state index contributed by atoms with van der Waals surface area (Å²) in [6.45, 7) is 4.75. The van der Waals surface area contributed by atoms with Crippen LogP contribution in [0.3, 0.4) is 0 Å². The minimum absolute atomic E-state index is 0.173. The van der Waals surface area contributed by atoms with Crippen molar-refractivity contribution >= 4 is 33.7 Å². The van der Waals surface area contributed by atoms with Gasteiger partial charge in [0.15, 0.2) is 0 Å². The summed E-state index contributed by atoms with van der Waals surface area (Å²) in [6.07, 6.45) is 3.31. The molecule has 2 fully saturated rings. The number of rotatable bonds is 8. The molecular formula is C18H23N7O2S2. The molecule has 0 bridgehead atoms. The maximum absolute atomic E-state index is 12.7. The molecule has 1 saturated heterocycles. The monoisotopic (exact) mass is 433 g/mol. The topological polar surface area (TPSA) is 125 Å². The zero-order valence-electron chi connectivity index (χ0n) is 16.1. The summed E-state index contributed by atoms with van der Waals surface area (Å²) in [7, 11) is 0. The fourth-order valence-corrected chi connectivity index (χ4v) is 5.40. The molecular weight excluding hydrogens is 410 g/mol. The predicted octanol–water partition coefficient (Wildman–Crippen LogP) is 3.84. The lowest BCUT2D eigenvalue weighted by Crippen LogP contribution is -2.29. The summed E-state index contributed by atoms with van der Waals surface area (Å²) < 4.78 is 5.42. The van der Waals surface area contributed by atoms with Crippen LogP contribution in [0.1, 0.15) is 50.3 Å². The molecule has 3 heterocycles. The quantitative estimate of drug-likeness (QED) is 0.372. The number of nitrogens with one attached hydrogen (secondary N) is 2. The first-order chi connectivity index (χ1) is 14.1. The number of anilines is 1. The van der Waals surface area contributed by atoms with Crippen molar-refractivity contribution in [2.75, 3.05) is 25.1 Å². The van der Waals surface area contributed by atoms with Crippen LogP contribution in [0.2, 0.25) is 0 Å². The molecule has 1 aliphatic carbocycles. The van der Waals surface area contributed by atoms with Gasteiger partial charge in [-0.25, -0.2) is 0 Å². The minimum atomic E-state index is -0.237. The van der Waals surface area contributed by atoms with Crippen molar-refractivity contribution in [3.8, 4) is 0 Å². The van der Waals surface area contributed by atoms with Crippen LogP contribution in [0.5, 0.6) is 0 Å². The molecule has 0 radical (unpaired) electrons. The van der Waals surface area contributed by atoms with Crippen LogP contribution >= 0.6 is 22.7 Å². The van der Waals surface area contributed by atoms with Gasteiger partial charge < -0.3 is 10.1 Å². The standard InChI is InChI=1S/C18H23N7O2S2/c1-10-23-24-18(28-10)22-17(26)13-7-15(29-16(13)9-21-25-19)12-6-14(12)20-8-11-2-4-27-5-3-11/h7,11-12,14,20H,2-6,8-9H2,1H3,(H,22,24,26). The van der Waals surface area contributed by atoms with Gasteiger partial charge in [-0.2, -0.15) is 0 Å². The highest BCUT2D eigenvalue weighted by atomic mass is 32.1. The van der Waals surface area contributed by atoms with Crippen molar-refractivity contribution in [2.45, 2.75) is 44.7 Å². The van der Waals surface area contributed by atoms with Gasteiger partial charge in [0.2, 0.25) is 5.13 Å². The summed E-state index contributed by atoms with van der Waals surface area (Å²) in [4.78, 5) is 17.5. The van der Waals surface area contributed by atoms with Crippen LogP contribution < -0.4 is 10.6 Å². The first kappa shape index (κ1) is 20.2. The number of ether oxygens (including phenoxy) is 1. The Morgan fingerprint density at radius 2 is 2.21 bits per heavy atom. The summed E-state index contributed by atoms with van der Waals surface area (Å²) in [5.41, 5.74) is 9.24. The van der Waals surface area contributed by atoms with Crippen LogP contribution in [-0.4, -0.2) is 41.9 Å². The van der Waals surface area contributed by atoms with Crippen molar-refractivity contribution in [1.29, 1.82) is 0 Å². The molecule has 1 saturated carbocycles. The third-order valence-electron chi connectivity index (χ3n) is 5.26. The normalized spacial score (nSPS) is 21.6. The van der Waals surface area contributed by atoms with Gasteiger partial charge in [0, 0.05) is 39.8 Å². The number of azide groups is 1. The SMILES string of the molecule is Cc1nnc(NC(=O)c2cc(C3CC3NCC3CCOCC3)sc2CN=[N+]=[N-])s1. The van der Waals surface area contributed by atoms with Crippen molar-refractivity contribution in [3.05, 3.63) is 36.8 Å². The lowest BCUT2D eigenvalue weighted by Gasteiger charge is -2.22. The second-order valence-corrected chi connectivity index (χ2v) is 9.72. The van der Waals surface area contributed by atoms with Crippen molar-refractivity contribution in [1.82, 2.24) is 15.5 Å². The van der Waals surface area contributed by atoms with Crippen LogP contribution in [0.4, 0.5) is 5.13 Å². The third-order valence-corrected chi connectivity index (χ3v) is 7.27. The Hall–Kier alpha value is -2.04. The highest BCUT2D eigenvalue weighted by Crippen LogP contribution is 2.45. The van der Waals surface area contributed by atoms with E-state index in [1.54, 1.807) is 11.3 Å². The number of aryl methyl sites for hydroxylation is 1.